The summed E-state index contributed by atoms with van der Waals surface area (Å²) in [5.41, 5.74) is 8.25. The monoisotopic (exact) mass is 289 g/mol. The number of nitrogens with one attached hydrogen (secondary N) is 1. The Morgan fingerprint density at radius 3 is 2.37 bits per heavy atom. The average Bonchev–Trinajstić information content (AvgIpc) is 2.82. The molecule has 0 saturated heterocycles. The number of benzene rings is 2. The van der Waals surface area contributed by atoms with Gasteiger partial charge in [-0.05, 0) is 12.1 Å². The van der Waals surface area contributed by atoms with Crippen molar-refractivity contribution in [2.24, 2.45) is 5.73 Å². The number of nitrogens with two attached hydrogens (primary N) is 1. The van der Waals surface area contributed by atoms with E-state index in [9.17, 15) is 0 Å². The number of para-hydroxylation sites is 1. The van der Waals surface area contributed by atoms with Gasteiger partial charge >= 0.3 is 0 Å². The van der Waals surface area contributed by atoms with Crippen molar-refractivity contribution in [1.82, 2.24) is 4.98 Å². The predicted octanol–water partition coefficient (Wildman–Crippen LogP) is 3.67. The number of aromatic nitrogens is 1. The molecule has 1 heterocycles. The first kappa shape index (κ1) is 13.5. The van der Waals surface area contributed by atoms with Crippen LogP contribution in [0, 0.1) is 5.41 Å². The molecule has 0 bridgehead atoms. The fraction of sp³-hybridized carbons (Fsp3) is 0. The molecule has 3 rings (SSSR count). The summed E-state index contributed by atoms with van der Waals surface area (Å²) in [6.45, 7) is 0. The third kappa shape index (κ3) is 2.59. The van der Waals surface area contributed by atoms with Crippen LogP contribution in [-0.4, -0.2) is 10.8 Å². The van der Waals surface area contributed by atoms with Crippen LogP contribution in [0.15, 0.2) is 48.5 Å². The SMILES string of the molecule is Cl.N=C(N)c1ccc(-c2nc3ccccc3s2)cc1. The molecule has 3 nitrogen and oxygen atoms in total. The quantitative estimate of drug-likeness (QED) is 0.558. The molecule has 0 aliphatic carbocycles. The molecule has 0 aliphatic rings. The van der Waals surface area contributed by atoms with Crippen molar-refractivity contribution in [3.05, 3.63) is 54.1 Å². The second kappa shape index (κ2) is 5.38. The third-order valence-corrected chi connectivity index (χ3v) is 3.82. The molecule has 5 heteroatoms. The molecule has 0 aliphatic heterocycles. The summed E-state index contributed by atoms with van der Waals surface area (Å²) >= 11 is 1.67. The molecule has 19 heavy (non-hydrogen) atoms. The Bertz CT molecular complexity index is 686. The van der Waals surface area contributed by atoms with Crippen LogP contribution in [-0.2, 0) is 0 Å². The minimum Gasteiger partial charge on any atom is -0.384 e. The zero-order valence-corrected chi connectivity index (χ0v) is 11.6. The summed E-state index contributed by atoms with van der Waals surface area (Å²) in [7, 11) is 0. The van der Waals surface area contributed by atoms with E-state index in [0.717, 1.165) is 21.7 Å². The van der Waals surface area contributed by atoms with E-state index in [1.54, 1.807) is 11.3 Å². The van der Waals surface area contributed by atoms with Gasteiger partial charge in [0, 0.05) is 11.1 Å². The van der Waals surface area contributed by atoms with Gasteiger partial charge < -0.3 is 5.73 Å². The van der Waals surface area contributed by atoms with Crippen molar-refractivity contribution in [3.8, 4) is 10.6 Å². The largest absolute Gasteiger partial charge is 0.384 e. The zero-order valence-electron chi connectivity index (χ0n) is 9.96. The van der Waals surface area contributed by atoms with Crippen molar-refractivity contribution in [1.29, 1.82) is 5.41 Å². The van der Waals surface area contributed by atoms with Crippen LogP contribution in [0.1, 0.15) is 5.56 Å². The van der Waals surface area contributed by atoms with Gasteiger partial charge in [-0.3, -0.25) is 5.41 Å². The number of thiazole rings is 1. The van der Waals surface area contributed by atoms with E-state index in [1.807, 2.05) is 42.5 Å². The summed E-state index contributed by atoms with van der Waals surface area (Å²) in [5.74, 6) is 0.0887. The van der Waals surface area contributed by atoms with Gasteiger partial charge in [0.05, 0.1) is 10.2 Å². The highest BCUT2D eigenvalue weighted by Crippen LogP contribution is 2.29. The fourth-order valence-corrected chi connectivity index (χ4v) is 2.76. The Hall–Kier alpha value is -1.91. The number of rotatable bonds is 2. The molecule has 0 amide bonds. The van der Waals surface area contributed by atoms with Crippen LogP contribution in [0.4, 0.5) is 0 Å². The smallest absolute Gasteiger partial charge is 0.124 e. The second-order valence-electron chi connectivity index (χ2n) is 3.98. The number of halogens is 1. The molecule has 0 unspecified atom stereocenters. The Balaban J connectivity index is 0.00000133. The topological polar surface area (TPSA) is 62.8 Å². The highest BCUT2D eigenvalue weighted by Gasteiger charge is 2.05. The van der Waals surface area contributed by atoms with Crippen LogP contribution in [0.5, 0.6) is 0 Å². The highest BCUT2D eigenvalue weighted by atomic mass is 35.5. The number of nitrogens with zero attached hydrogens (tertiary/aromatic N) is 1. The van der Waals surface area contributed by atoms with E-state index in [4.69, 9.17) is 11.1 Å². The fourth-order valence-electron chi connectivity index (χ4n) is 1.79. The maximum absolute atomic E-state index is 7.36. The van der Waals surface area contributed by atoms with Gasteiger partial charge in [-0.1, -0.05) is 36.4 Å². The first-order valence-electron chi connectivity index (χ1n) is 5.54. The summed E-state index contributed by atoms with van der Waals surface area (Å²) in [6.07, 6.45) is 0. The van der Waals surface area contributed by atoms with Gasteiger partial charge in [0.15, 0.2) is 0 Å². The lowest BCUT2D eigenvalue weighted by atomic mass is 10.1. The van der Waals surface area contributed by atoms with Crippen molar-refractivity contribution in [2.75, 3.05) is 0 Å². The van der Waals surface area contributed by atoms with Gasteiger partial charge in [0.1, 0.15) is 10.8 Å². The third-order valence-electron chi connectivity index (χ3n) is 2.74. The standard InChI is InChI=1S/C14H11N3S.ClH/c15-13(16)9-5-7-10(8-6-9)14-17-11-3-1-2-4-12(11)18-14;/h1-8H,(H3,15,16);1H. The summed E-state index contributed by atoms with van der Waals surface area (Å²) in [4.78, 5) is 4.59. The lowest BCUT2D eigenvalue weighted by molar-refractivity contribution is 1.42. The summed E-state index contributed by atoms with van der Waals surface area (Å²) in [6, 6.07) is 15.7. The molecular weight excluding hydrogens is 278 g/mol. The lowest BCUT2D eigenvalue weighted by Gasteiger charge is -1.99. The molecule has 2 aromatic carbocycles. The van der Waals surface area contributed by atoms with Gasteiger partial charge in [0.2, 0.25) is 0 Å². The first-order chi connectivity index (χ1) is 8.74. The van der Waals surface area contributed by atoms with Crippen molar-refractivity contribution >= 4 is 39.8 Å². The molecule has 3 aromatic rings. The zero-order chi connectivity index (χ0) is 12.5. The highest BCUT2D eigenvalue weighted by molar-refractivity contribution is 7.21. The van der Waals surface area contributed by atoms with E-state index in [1.165, 1.54) is 4.70 Å². The Kier molecular flexibility index (Phi) is 3.83. The minimum absolute atomic E-state index is 0. The van der Waals surface area contributed by atoms with E-state index >= 15 is 0 Å². The number of amidine groups is 1. The van der Waals surface area contributed by atoms with E-state index in [2.05, 4.69) is 11.1 Å². The molecule has 0 radical (unpaired) electrons. The lowest BCUT2D eigenvalue weighted by Crippen LogP contribution is -2.10. The molecule has 0 fully saturated rings. The van der Waals surface area contributed by atoms with Gasteiger partial charge in [-0.25, -0.2) is 4.98 Å². The predicted molar refractivity (Wildman–Crippen MR) is 83.3 cm³/mol. The van der Waals surface area contributed by atoms with Crippen LogP contribution < -0.4 is 5.73 Å². The Morgan fingerprint density at radius 1 is 1.05 bits per heavy atom. The number of hydrogen-bond acceptors (Lipinski definition) is 3. The summed E-state index contributed by atoms with van der Waals surface area (Å²) < 4.78 is 1.18. The van der Waals surface area contributed by atoms with Crippen LogP contribution in [0.3, 0.4) is 0 Å². The van der Waals surface area contributed by atoms with Crippen molar-refractivity contribution < 1.29 is 0 Å². The van der Waals surface area contributed by atoms with Crippen LogP contribution in [0.2, 0.25) is 0 Å². The van der Waals surface area contributed by atoms with E-state index in [0.29, 0.717) is 0 Å². The van der Waals surface area contributed by atoms with E-state index in [-0.39, 0.29) is 18.2 Å². The number of hydrogen-bond donors (Lipinski definition) is 2. The average molecular weight is 290 g/mol. The van der Waals surface area contributed by atoms with E-state index < -0.39 is 0 Å². The minimum atomic E-state index is 0. The molecule has 0 saturated carbocycles. The summed E-state index contributed by atoms with van der Waals surface area (Å²) in [5, 5.41) is 8.36. The van der Waals surface area contributed by atoms with Crippen molar-refractivity contribution in [2.45, 2.75) is 0 Å². The second-order valence-corrected chi connectivity index (χ2v) is 5.01. The Labute approximate surface area is 121 Å². The molecule has 1 aromatic heterocycles. The molecule has 96 valence electrons. The normalized spacial score (nSPS) is 10.1. The molecular formula is C14H12ClN3S. The van der Waals surface area contributed by atoms with Crippen LogP contribution in [0.25, 0.3) is 20.8 Å². The van der Waals surface area contributed by atoms with Gasteiger partial charge in [-0.15, -0.1) is 23.7 Å². The van der Waals surface area contributed by atoms with Crippen LogP contribution >= 0.6 is 23.7 Å². The maximum atomic E-state index is 7.36. The number of nitrogen functional groups attached to an aromatic ring is 1. The van der Waals surface area contributed by atoms with Crippen molar-refractivity contribution in [3.63, 3.8) is 0 Å². The molecule has 0 spiro atoms. The molecule has 3 N–H and O–H groups in total. The molecule has 0 atom stereocenters. The number of fused-ring (bicyclic) bond motifs is 1. The van der Waals surface area contributed by atoms with Gasteiger partial charge in [-0.2, -0.15) is 0 Å². The van der Waals surface area contributed by atoms with Gasteiger partial charge in [0.25, 0.3) is 0 Å². The first-order valence-corrected chi connectivity index (χ1v) is 6.36. The maximum Gasteiger partial charge on any atom is 0.124 e. The Morgan fingerprint density at radius 2 is 1.74 bits per heavy atom.